The highest BCUT2D eigenvalue weighted by atomic mass is 32.2. The molecule has 0 saturated carbocycles. The summed E-state index contributed by atoms with van der Waals surface area (Å²) in [7, 11) is 0. The molecular formula is C26H35N3OS. The molecule has 1 aromatic carbocycles. The predicted octanol–water partition coefficient (Wildman–Crippen LogP) is 5.83. The lowest BCUT2D eigenvalue weighted by molar-refractivity contribution is -0.133. The van der Waals surface area contributed by atoms with Gasteiger partial charge < -0.3 is 10.6 Å². The minimum atomic E-state index is -0.421. The van der Waals surface area contributed by atoms with E-state index in [1.165, 1.54) is 5.56 Å². The van der Waals surface area contributed by atoms with Gasteiger partial charge in [0.2, 0.25) is 5.91 Å². The van der Waals surface area contributed by atoms with Gasteiger partial charge in [0.1, 0.15) is 4.87 Å². The van der Waals surface area contributed by atoms with E-state index in [0.29, 0.717) is 5.75 Å². The molecule has 0 bridgehead atoms. The van der Waals surface area contributed by atoms with Crippen LogP contribution in [0.15, 0.2) is 49.3 Å². The number of rotatable bonds is 10. The minimum Gasteiger partial charge on any atom is -0.328 e. The summed E-state index contributed by atoms with van der Waals surface area (Å²) in [6.45, 7) is 10.3. The first-order valence-corrected chi connectivity index (χ1v) is 12.4. The number of nitrogens with two attached hydrogens (primary N) is 1. The van der Waals surface area contributed by atoms with Crippen LogP contribution in [0, 0.1) is 0 Å². The average molecular weight is 438 g/mol. The van der Waals surface area contributed by atoms with Gasteiger partial charge in [0.05, 0.1) is 5.75 Å². The van der Waals surface area contributed by atoms with Crippen molar-refractivity contribution in [3.63, 3.8) is 0 Å². The second-order valence-electron chi connectivity index (χ2n) is 8.26. The lowest BCUT2D eigenvalue weighted by Crippen LogP contribution is -2.49. The zero-order valence-electron chi connectivity index (χ0n) is 19.0. The fraction of sp³-hybridized carbons (Fsp3) is 0.462. The Morgan fingerprint density at radius 2 is 1.90 bits per heavy atom. The summed E-state index contributed by atoms with van der Waals surface area (Å²) in [5.41, 5.74) is 10.8. The van der Waals surface area contributed by atoms with Crippen molar-refractivity contribution in [3.05, 3.63) is 60.4 Å². The zero-order chi connectivity index (χ0) is 22.4. The van der Waals surface area contributed by atoms with Gasteiger partial charge in [0, 0.05) is 30.0 Å². The van der Waals surface area contributed by atoms with Crippen molar-refractivity contribution in [2.24, 2.45) is 5.73 Å². The monoisotopic (exact) mass is 437 g/mol. The minimum absolute atomic E-state index is 0.133. The molecule has 3 rings (SSSR count). The summed E-state index contributed by atoms with van der Waals surface area (Å²) >= 11 is 1.76. The Hall–Kier alpha value is -2.11. The van der Waals surface area contributed by atoms with Crippen molar-refractivity contribution in [3.8, 4) is 11.1 Å². The van der Waals surface area contributed by atoms with Crippen LogP contribution in [-0.2, 0) is 9.67 Å². The van der Waals surface area contributed by atoms with E-state index < -0.39 is 4.87 Å². The van der Waals surface area contributed by atoms with E-state index in [-0.39, 0.29) is 18.0 Å². The first kappa shape index (κ1) is 23.6. The van der Waals surface area contributed by atoms with Crippen LogP contribution in [0.4, 0.5) is 0 Å². The lowest BCUT2D eigenvalue weighted by atomic mass is 9.89. The molecule has 2 aromatic rings. The van der Waals surface area contributed by atoms with Gasteiger partial charge in [-0.15, -0.1) is 11.8 Å². The van der Waals surface area contributed by atoms with Gasteiger partial charge in [0.15, 0.2) is 0 Å². The maximum atomic E-state index is 13.2. The number of thioether (sulfide) groups is 1. The number of carbonyl (C=O) groups is 1. The molecule has 0 spiro atoms. The van der Waals surface area contributed by atoms with E-state index in [2.05, 4.69) is 67.6 Å². The van der Waals surface area contributed by atoms with Crippen LogP contribution in [0.5, 0.6) is 0 Å². The summed E-state index contributed by atoms with van der Waals surface area (Å²) in [6, 6.07) is 10.8. The molecule has 2 unspecified atom stereocenters. The molecule has 0 aliphatic carbocycles. The molecule has 1 amide bonds. The fourth-order valence-electron chi connectivity index (χ4n) is 4.56. The van der Waals surface area contributed by atoms with E-state index in [4.69, 9.17) is 5.73 Å². The van der Waals surface area contributed by atoms with Gasteiger partial charge >= 0.3 is 0 Å². The third-order valence-electron chi connectivity index (χ3n) is 6.48. The van der Waals surface area contributed by atoms with Crippen molar-refractivity contribution in [1.29, 1.82) is 0 Å². The number of benzene rings is 1. The molecule has 5 heteroatoms. The Kier molecular flexibility index (Phi) is 7.95. The maximum absolute atomic E-state index is 13.2. The standard InChI is InChI=1S/C26H35N3OS/c1-5-19-9-11-20(12-10-19)23-17-28-16-14-24(23)26(15-13-21(27)6-2)29(22(7-3)8-4)25(30)18-31-26/h5,9-12,14,16-17,21-22H,1,6-8,13,15,18,27H2,2-4H3. The highest BCUT2D eigenvalue weighted by molar-refractivity contribution is 8.01. The molecule has 166 valence electrons. The van der Waals surface area contributed by atoms with E-state index in [1.54, 1.807) is 11.8 Å². The van der Waals surface area contributed by atoms with Crippen molar-refractivity contribution in [1.82, 2.24) is 9.88 Å². The number of carbonyl (C=O) groups excluding carboxylic acids is 1. The molecule has 1 aliphatic rings. The zero-order valence-corrected chi connectivity index (χ0v) is 19.8. The van der Waals surface area contributed by atoms with Gasteiger partial charge in [-0.1, -0.05) is 57.7 Å². The molecule has 2 heterocycles. The lowest BCUT2D eigenvalue weighted by Gasteiger charge is -2.44. The summed E-state index contributed by atoms with van der Waals surface area (Å²) in [6.07, 6.45) is 10.2. The smallest absolute Gasteiger partial charge is 0.234 e. The van der Waals surface area contributed by atoms with Gasteiger partial charge in [-0.3, -0.25) is 9.78 Å². The van der Waals surface area contributed by atoms with E-state index in [1.807, 2.05) is 18.5 Å². The molecule has 1 aromatic heterocycles. The molecule has 1 fully saturated rings. The van der Waals surface area contributed by atoms with Crippen molar-refractivity contribution < 1.29 is 4.79 Å². The van der Waals surface area contributed by atoms with Gasteiger partial charge in [-0.2, -0.15) is 0 Å². The van der Waals surface area contributed by atoms with Crippen LogP contribution in [0.2, 0.25) is 0 Å². The average Bonchev–Trinajstić information content (AvgIpc) is 3.15. The molecule has 4 nitrogen and oxygen atoms in total. The van der Waals surface area contributed by atoms with E-state index in [9.17, 15) is 4.79 Å². The van der Waals surface area contributed by atoms with Gasteiger partial charge in [0.25, 0.3) is 0 Å². The van der Waals surface area contributed by atoms with E-state index >= 15 is 0 Å². The van der Waals surface area contributed by atoms with Crippen LogP contribution < -0.4 is 5.73 Å². The van der Waals surface area contributed by atoms with Crippen molar-refractivity contribution >= 4 is 23.7 Å². The summed E-state index contributed by atoms with van der Waals surface area (Å²) < 4.78 is 0. The number of nitrogens with zero attached hydrogens (tertiary/aromatic N) is 2. The second-order valence-corrected chi connectivity index (χ2v) is 9.51. The van der Waals surface area contributed by atoms with Crippen LogP contribution in [-0.4, -0.2) is 33.6 Å². The topological polar surface area (TPSA) is 59.2 Å². The van der Waals surface area contributed by atoms with Gasteiger partial charge in [-0.05, 0) is 54.9 Å². The van der Waals surface area contributed by atoms with Crippen LogP contribution in [0.1, 0.15) is 64.0 Å². The second kappa shape index (κ2) is 10.5. The maximum Gasteiger partial charge on any atom is 0.234 e. The molecular weight excluding hydrogens is 402 g/mol. The molecule has 2 N–H and O–H groups in total. The van der Waals surface area contributed by atoms with Crippen molar-refractivity contribution in [2.75, 3.05) is 5.75 Å². The normalized spacial score (nSPS) is 19.8. The van der Waals surface area contributed by atoms with Crippen LogP contribution in [0.25, 0.3) is 17.2 Å². The Morgan fingerprint density at radius 3 is 2.52 bits per heavy atom. The summed E-state index contributed by atoms with van der Waals surface area (Å²) in [4.78, 5) is 19.4. The number of hydrogen-bond acceptors (Lipinski definition) is 4. The Bertz CT molecular complexity index is 894. The molecule has 31 heavy (non-hydrogen) atoms. The Balaban J connectivity index is 2.16. The van der Waals surface area contributed by atoms with Crippen molar-refractivity contribution in [2.45, 2.75) is 69.8 Å². The number of aromatic nitrogens is 1. The van der Waals surface area contributed by atoms with Gasteiger partial charge in [-0.25, -0.2) is 0 Å². The fourth-order valence-corrected chi connectivity index (χ4v) is 6.04. The number of amides is 1. The SMILES string of the molecule is C=Cc1ccc(-c2cnccc2C2(CCC(N)CC)SCC(=O)N2C(CC)CC)cc1. The molecule has 1 aliphatic heterocycles. The highest BCUT2D eigenvalue weighted by Gasteiger charge is 2.50. The summed E-state index contributed by atoms with van der Waals surface area (Å²) in [5, 5.41) is 0. The highest BCUT2D eigenvalue weighted by Crippen LogP contribution is 2.52. The first-order chi connectivity index (χ1) is 15.0. The molecule has 2 atom stereocenters. The van der Waals surface area contributed by atoms with E-state index in [0.717, 1.165) is 48.8 Å². The number of hydrogen-bond donors (Lipinski definition) is 1. The largest absolute Gasteiger partial charge is 0.328 e. The molecule has 1 saturated heterocycles. The number of pyridine rings is 1. The predicted molar refractivity (Wildman–Crippen MR) is 133 cm³/mol. The van der Waals surface area contributed by atoms with Crippen LogP contribution >= 0.6 is 11.8 Å². The summed E-state index contributed by atoms with van der Waals surface area (Å²) in [5.74, 6) is 0.739. The third-order valence-corrected chi connectivity index (χ3v) is 7.97. The quantitative estimate of drug-likeness (QED) is 0.508. The third kappa shape index (κ3) is 4.73. The Labute approximate surface area is 191 Å². The Morgan fingerprint density at radius 1 is 1.19 bits per heavy atom. The molecule has 0 radical (unpaired) electrons. The van der Waals surface area contributed by atoms with Crippen LogP contribution in [0.3, 0.4) is 0 Å². The first-order valence-electron chi connectivity index (χ1n) is 11.4.